The summed E-state index contributed by atoms with van der Waals surface area (Å²) in [5, 5.41) is 11.1. The van der Waals surface area contributed by atoms with E-state index < -0.39 is 5.56 Å². The number of nitrogens with one attached hydrogen (secondary N) is 2. The molecule has 1 amide bonds. The molecule has 0 aliphatic carbocycles. The maximum atomic E-state index is 12.8. The van der Waals surface area contributed by atoms with Crippen molar-refractivity contribution in [3.8, 4) is 17.0 Å². The predicted molar refractivity (Wildman–Crippen MR) is 126 cm³/mol. The highest BCUT2D eigenvalue weighted by Gasteiger charge is 2.16. The molecule has 0 unspecified atom stereocenters. The van der Waals surface area contributed by atoms with E-state index in [4.69, 9.17) is 16.3 Å². The Morgan fingerprint density at radius 3 is 2.67 bits per heavy atom. The number of halogens is 1. The summed E-state index contributed by atoms with van der Waals surface area (Å²) in [6.07, 6.45) is 0. The molecule has 0 fully saturated rings. The van der Waals surface area contributed by atoms with Crippen LogP contribution in [-0.2, 0) is 6.54 Å². The van der Waals surface area contributed by atoms with Crippen LogP contribution in [0.4, 0.5) is 0 Å². The van der Waals surface area contributed by atoms with Gasteiger partial charge < -0.3 is 10.1 Å². The van der Waals surface area contributed by atoms with Crippen LogP contribution in [0, 0.1) is 0 Å². The highest BCUT2D eigenvalue weighted by molar-refractivity contribution is 6.31. The van der Waals surface area contributed by atoms with Crippen LogP contribution < -0.4 is 15.6 Å². The number of ether oxygens (including phenoxy) is 1. The van der Waals surface area contributed by atoms with Gasteiger partial charge in [0.1, 0.15) is 11.4 Å². The minimum atomic E-state index is -0.399. The third-order valence-electron chi connectivity index (χ3n) is 5.38. The molecule has 3 aromatic carbocycles. The number of carbonyl (C=O) groups excluding carboxylic acids is 1. The van der Waals surface area contributed by atoms with Gasteiger partial charge in [-0.3, -0.25) is 9.59 Å². The molecule has 0 aliphatic rings. The lowest BCUT2D eigenvalue weighted by atomic mass is 10.1. The van der Waals surface area contributed by atoms with E-state index in [9.17, 15) is 9.59 Å². The number of amides is 1. The van der Waals surface area contributed by atoms with Crippen LogP contribution in [0.1, 0.15) is 15.9 Å². The average Bonchev–Trinajstić information content (AvgIpc) is 3.27. The van der Waals surface area contributed by atoms with Gasteiger partial charge in [0.2, 0.25) is 0 Å². The van der Waals surface area contributed by atoms with E-state index >= 15 is 0 Å². The molecule has 0 radical (unpaired) electrons. The minimum absolute atomic E-state index is 0.286. The fourth-order valence-corrected chi connectivity index (χ4v) is 3.83. The molecular weight excluding hydrogens is 442 g/mol. The van der Waals surface area contributed by atoms with E-state index in [0.29, 0.717) is 38.6 Å². The van der Waals surface area contributed by atoms with E-state index in [0.717, 1.165) is 11.1 Å². The van der Waals surface area contributed by atoms with Crippen LogP contribution in [0.25, 0.3) is 27.8 Å². The maximum absolute atomic E-state index is 12.8. The molecule has 9 heteroatoms. The Hall–Kier alpha value is -4.17. The Morgan fingerprint density at radius 1 is 1.12 bits per heavy atom. The Labute approximate surface area is 192 Å². The van der Waals surface area contributed by atoms with Crippen molar-refractivity contribution in [1.82, 2.24) is 25.1 Å². The van der Waals surface area contributed by atoms with Crippen molar-refractivity contribution in [3.63, 3.8) is 0 Å². The molecule has 0 aliphatic heterocycles. The highest BCUT2D eigenvalue weighted by Crippen LogP contribution is 2.25. The van der Waals surface area contributed by atoms with Crippen LogP contribution >= 0.6 is 11.6 Å². The summed E-state index contributed by atoms with van der Waals surface area (Å²) in [5.74, 6) is 0.423. The van der Waals surface area contributed by atoms with Crippen LogP contribution in [0.15, 0.2) is 71.5 Å². The van der Waals surface area contributed by atoms with Crippen LogP contribution in [0.5, 0.6) is 5.75 Å². The first-order valence-electron chi connectivity index (χ1n) is 10.1. The molecule has 5 rings (SSSR count). The topological polar surface area (TPSA) is 101 Å². The first kappa shape index (κ1) is 20.7. The number of fused-ring (bicyclic) bond motifs is 3. The van der Waals surface area contributed by atoms with Crippen molar-refractivity contribution in [2.75, 3.05) is 7.11 Å². The van der Waals surface area contributed by atoms with Gasteiger partial charge >= 0.3 is 0 Å². The van der Waals surface area contributed by atoms with E-state index in [-0.39, 0.29) is 12.5 Å². The van der Waals surface area contributed by atoms with E-state index in [1.165, 1.54) is 0 Å². The molecule has 8 nitrogen and oxygen atoms in total. The number of methoxy groups -OCH3 is 1. The minimum Gasteiger partial charge on any atom is -0.497 e. The molecule has 0 saturated heterocycles. The molecule has 2 aromatic heterocycles. The second kappa shape index (κ2) is 8.40. The monoisotopic (exact) mass is 459 g/mol. The number of hydrogen-bond donors (Lipinski definition) is 2. The molecule has 164 valence electrons. The lowest BCUT2D eigenvalue weighted by molar-refractivity contribution is 0.0951. The molecule has 33 heavy (non-hydrogen) atoms. The van der Waals surface area contributed by atoms with Gasteiger partial charge in [-0.25, -0.2) is 9.73 Å². The summed E-state index contributed by atoms with van der Waals surface area (Å²) in [6, 6.07) is 19.4. The number of benzene rings is 3. The van der Waals surface area contributed by atoms with Crippen LogP contribution in [0.3, 0.4) is 0 Å². The van der Waals surface area contributed by atoms with Gasteiger partial charge in [-0.2, -0.15) is 10.1 Å². The van der Waals surface area contributed by atoms with Gasteiger partial charge in [-0.15, -0.1) is 0 Å². The van der Waals surface area contributed by atoms with Gasteiger partial charge in [0.15, 0.2) is 5.65 Å². The standard InChI is InChI=1S/C24H18ClN5O3/c1-33-17-9-6-14(7-10-17)21-22-27-24(32)18-11-8-15(12-20(18)30(22)29-28-21)23(31)26-13-16-4-2-3-5-19(16)25/h2-12,29H,13H2,1H3,(H,26,31). The third-order valence-corrected chi connectivity index (χ3v) is 5.75. The summed E-state index contributed by atoms with van der Waals surface area (Å²) >= 11 is 6.17. The zero-order valence-electron chi connectivity index (χ0n) is 17.5. The van der Waals surface area contributed by atoms with Crippen molar-refractivity contribution >= 4 is 34.1 Å². The molecule has 2 heterocycles. The summed E-state index contributed by atoms with van der Waals surface area (Å²) in [6.45, 7) is 0.286. The number of aromatic nitrogens is 4. The summed E-state index contributed by atoms with van der Waals surface area (Å²) in [5.41, 5.74) is 2.97. The number of rotatable bonds is 5. The van der Waals surface area contributed by atoms with Gasteiger partial charge in [0.25, 0.3) is 11.5 Å². The molecule has 0 atom stereocenters. The molecule has 2 N–H and O–H groups in total. The number of aromatic amines is 1. The smallest absolute Gasteiger partial charge is 0.281 e. The zero-order valence-corrected chi connectivity index (χ0v) is 18.3. The van der Waals surface area contributed by atoms with Crippen molar-refractivity contribution < 1.29 is 9.53 Å². The number of H-pyrrole nitrogens is 1. The van der Waals surface area contributed by atoms with Crippen LogP contribution in [-0.4, -0.2) is 32.8 Å². The summed E-state index contributed by atoms with van der Waals surface area (Å²) in [4.78, 5) is 29.7. The van der Waals surface area contributed by atoms with E-state index in [2.05, 4.69) is 20.6 Å². The Kier molecular flexibility index (Phi) is 5.27. The predicted octanol–water partition coefficient (Wildman–Crippen LogP) is 3.83. The summed E-state index contributed by atoms with van der Waals surface area (Å²) in [7, 11) is 1.59. The SMILES string of the molecule is COc1ccc(-c2n[nH]n3c2nc(=O)c2ccc(C(=O)NCc4ccccc4Cl)cc23)cc1. The van der Waals surface area contributed by atoms with Gasteiger partial charge in [0.05, 0.1) is 18.0 Å². The fraction of sp³-hybridized carbons (Fsp3) is 0.0833. The summed E-state index contributed by atoms with van der Waals surface area (Å²) < 4.78 is 6.80. The van der Waals surface area contributed by atoms with Gasteiger partial charge in [-0.1, -0.05) is 29.8 Å². The Bertz CT molecular complexity index is 1560. The Morgan fingerprint density at radius 2 is 1.91 bits per heavy atom. The normalized spacial score (nSPS) is 11.1. The quantitative estimate of drug-likeness (QED) is 0.416. The highest BCUT2D eigenvalue weighted by atomic mass is 35.5. The maximum Gasteiger partial charge on any atom is 0.281 e. The largest absolute Gasteiger partial charge is 0.497 e. The zero-order chi connectivity index (χ0) is 22.9. The number of nitrogens with zero attached hydrogens (tertiary/aromatic N) is 3. The number of hydrogen-bond acceptors (Lipinski definition) is 5. The molecule has 5 aromatic rings. The molecule has 0 spiro atoms. The fourth-order valence-electron chi connectivity index (χ4n) is 3.63. The van der Waals surface area contributed by atoms with Gasteiger partial charge in [0, 0.05) is 22.7 Å². The second-order valence-electron chi connectivity index (χ2n) is 7.37. The van der Waals surface area contributed by atoms with E-state index in [1.807, 2.05) is 30.3 Å². The lowest BCUT2D eigenvalue weighted by Crippen LogP contribution is -2.23. The number of carbonyl (C=O) groups is 1. The van der Waals surface area contributed by atoms with Gasteiger partial charge in [-0.05, 0) is 54.1 Å². The van der Waals surface area contributed by atoms with Crippen molar-refractivity contribution in [1.29, 1.82) is 0 Å². The molecular formula is C24H18ClN5O3. The lowest BCUT2D eigenvalue weighted by Gasteiger charge is -2.08. The van der Waals surface area contributed by atoms with E-state index in [1.54, 1.807) is 48.0 Å². The average molecular weight is 460 g/mol. The first-order chi connectivity index (χ1) is 16.0. The molecule has 0 bridgehead atoms. The molecule has 0 saturated carbocycles. The second-order valence-corrected chi connectivity index (χ2v) is 7.78. The first-order valence-corrected chi connectivity index (χ1v) is 10.5. The Balaban J connectivity index is 1.53. The van der Waals surface area contributed by atoms with Crippen LogP contribution in [0.2, 0.25) is 5.02 Å². The van der Waals surface area contributed by atoms with Crippen molar-refractivity contribution in [2.45, 2.75) is 6.54 Å². The van der Waals surface area contributed by atoms with Crippen molar-refractivity contribution in [2.24, 2.45) is 0 Å². The third kappa shape index (κ3) is 3.81. The van der Waals surface area contributed by atoms with Crippen molar-refractivity contribution in [3.05, 3.63) is 93.2 Å².